The van der Waals surface area contributed by atoms with Crippen LogP contribution in [0, 0.1) is 0 Å². The molecule has 2 heteroatoms. The first-order chi connectivity index (χ1) is 12.8. The van der Waals surface area contributed by atoms with Crippen molar-refractivity contribution in [2.24, 2.45) is 0 Å². The highest BCUT2D eigenvalue weighted by Gasteiger charge is 1.98. The summed E-state index contributed by atoms with van der Waals surface area (Å²) in [6, 6.07) is 0. The van der Waals surface area contributed by atoms with Crippen LogP contribution in [0.25, 0.3) is 0 Å². The van der Waals surface area contributed by atoms with E-state index in [0.717, 1.165) is 13.0 Å². The van der Waals surface area contributed by atoms with Crippen molar-refractivity contribution in [3.8, 4) is 0 Å². The van der Waals surface area contributed by atoms with Gasteiger partial charge in [-0.1, -0.05) is 96.1 Å². The molecule has 0 aliphatic carbocycles. The highest BCUT2D eigenvalue weighted by atomic mass is 16.1. The Morgan fingerprint density at radius 1 is 0.615 bits per heavy atom. The average Bonchev–Trinajstić information content (AvgIpc) is 2.64. The maximum absolute atomic E-state index is 11.3. The fourth-order valence-electron chi connectivity index (χ4n) is 3.35. The predicted octanol–water partition coefficient (Wildman–Crippen LogP) is 7.72. The normalized spacial score (nSPS) is 11.3. The third-order valence-electron chi connectivity index (χ3n) is 5.04. The van der Waals surface area contributed by atoms with Gasteiger partial charge in [0.15, 0.2) is 0 Å². The molecule has 0 aromatic heterocycles. The van der Waals surface area contributed by atoms with Crippen molar-refractivity contribution in [2.45, 2.75) is 129 Å². The Balaban J connectivity index is 3.10. The minimum atomic E-state index is 0.216. The maximum Gasteiger partial charge on any atom is 0.219 e. The summed E-state index contributed by atoms with van der Waals surface area (Å²) in [4.78, 5) is 11.3. The fourth-order valence-corrected chi connectivity index (χ4v) is 3.35. The summed E-state index contributed by atoms with van der Waals surface area (Å²) in [5.74, 6) is 0.216. The molecular weight excluding hydrogens is 318 g/mol. The molecule has 0 aromatic rings. The molecule has 1 amide bonds. The lowest BCUT2D eigenvalue weighted by molar-refractivity contribution is -0.121. The van der Waals surface area contributed by atoms with Crippen molar-refractivity contribution >= 4 is 5.91 Å². The Morgan fingerprint density at radius 2 is 1.04 bits per heavy atom. The van der Waals surface area contributed by atoms with Crippen LogP contribution in [-0.2, 0) is 4.79 Å². The van der Waals surface area contributed by atoms with Gasteiger partial charge in [0, 0.05) is 13.0 Å². The molecule has 0 unspecified atom stereocenters. The molecule has 26 heavy (non-hydrogen) atoms. The molecule has 0 saturated heterocycles. The molecule has 2 nitrogen and oxygen atoms in total. The van der Waals surface area contributed by atoms with E-state index >= 15 is 0 Å². The minimum Gasteiger partial charge on any atom is -0.356 e. The summed E-state index contributed by atoms with van der Waals surface area (Å²) in [5.41, 5.74) is 0. The second kappa shape index (κ2) is 22.3. The largest absolute Gasteiger partial charge is 0.356 e. The molecule has 154 valence electrons. The van der Waals surface area contributed by atoms with Gasteiger partial charge in [0.05, 0.1) is 0 Å². The topological polar surface area (TPSA) is 29.1 Å². The van der Waals surface area contributed by atoms with E-state index in [1.807, 2.05) is 6.92 Å². The molecule has 0 spiro atoms. The second-order valence-corrected chi connectivity index (χ2v) is 7.70. The highest BCUT2D eigenvalue weighted by molar-refractivity contribution is 5.75. The molecule has 0 atom stereocenters. The van der Waals surface area contributed by atoms with Crippen molar-refractivity contribution in [3.63, 3.8) is 0 Å². The van der Waals surface area contributed by atoms with E-state index < -0.39 is 0 Å². The Morgan fingerprint density at radius 3 is 1.50 bits per heavy atom. The lowest BCUT2D eigenvalue weighted by Gasteiger charge is -2.03. The molecular formula is C24H47NO. The van der Waals surface area contributed by atoms with Crippen LogP contribution < -0.4 is 5.32 Å². The van der Waals surface area contributed by atoms with Crippen LogP contribution >= 0.6 is 0 Å². The molecule has 1 N–H and O–H groups in total. The van der Waals surface area contributed by atoms with E-state index in [1.165, 1.54) is 103 Å². The summed E-state index contributed by atoms with van der Waals surface area (Å²) >= 11 is 0. The standard InChI is InChI=1S/C24H47NO/c1-3-5-6-7-8-9-10-11-12-13-14-15-16-17-18-19-20-21-22-23-24(26)25-4-2/h11-12H,3-10,13-23H2,1-2H3,(H,25,26)/b12-11-. The smallest absolute Gasteiger partial charge is 0.219 e. The fraction of sp³-hybridized carbons (Fsp3) is 0.875. The van der Waals surface area contributed by atoms with E-state index in [-0.39, 0.29) is 5.91 Å². The quantitative estimate of drug-likeness (QED) is 0.174. The monoisotopic (exact) mass is 365 g/mol. The van der Waals surface area contributed by atoms with Gasteiger partial charge < -0.3 is 5.32 Å². The van der Waals surface area contributed by atoms with Gasteiger partial charge in [-0.2, -0.15) is 0 Å². The second-order valence-electron chi connectivity index (χ2n) is 7.70. The first kappa shape index (κ1) is 25.2. The van der Waals surface area contributed by atoms with Crippen LogP contribution in [0.15, 0.2) is 12.2 Å². The van der Waals surface area contributed by atoms with Crippen LogP contribution in [0.2, 0.25) is 0 Å². The number of hydrogen-bond acceptors (Lipinski definition) is 1. The third-order valence-corrected chi connectivity index (χ3v) is 5.04. The molecule has 0 radical (unpaired) electrons. The lowest BCUT2D eigenvalue weighted by Crippen LogP contribution is -2.21. The van der Waals surface area contributed by atoms with Gasteiger partial charge in [-0.05, 0) is 39.0 Å². The van der Waals surface area contributed by atoms with Gasteiger partial charge in [0.2, 0.25) is 5.91 Å². The third kappa shape index (κ3) is 21.3. The van der Waals surface area contributed by atoms with E-state index in [4.69, 9.17) is 0 Å². The number of allylic oxidation sites excluding steroid dienone is 2. The van der Waals surface area contributed by atoms with E-state index in [9.17, 15) is 4.79 Å². The molecule has 0 aliphatic rings. The Bertz CT molecular complexity index is 311. The molecule has 0 saturated carbocycles. The molecule has 0 heterocycles. The molecule has 0 aliphatic heterocycles. The number of carbonyl (C=O) groups is 1. The summed E-state index contributed by atoms with van der Waals surface area (Å²) < 4.78 is 0. The number of amides is 1. The first-order valence-corrected chi connectivity index (χ1v) is 11.7. The zero-order valence-corrected chi connectivity index (χ0v) is 18.0. The number of rotatable bonds is 20. The van der Waals surface area contributed by atoms with Gasteiger partial charge in [-0.3, -0.25) is 4.79 Å². The van der Waals surface area contributed by atoms with Crippen LogP contribution in [0.5, 0.6) is 0 Å². The van der Waals surface area contributed by atoms with Gasteiger partial charge in [-0.15, -0.1) is 0 Å². The number of hydrogen-bond donors (Lipinski definition) is 1. The molecule has 0 rings (SSSR count). The van der Waals surface area contributed by atoms with Gasteiger partial charge in [0.1, 0.15) is 0 Å². The van der Waals surface area contributed by atoms with Crippen molar-refractivity contribution in [3.05, 3.63) is 12.2 Å². The summed E-state index contributed by atoms with van der Waals surface area (Å²) in [5, 5.41) is 2.86. The average molecular weight is 366 g/mol. The Hall–Kier alpha value is -0.790. The predicted molar refractivity (Wildman–Crippen MR) is 117 cm³/mol. The van der Waals surface area contributed by atoms with Gasteiger partial charge >= 0.3 is 0 Å². The Kier molecular flexibility index (Phi) is 21.6. The Labute approximate surface area is 164 Å². The number of unbranched alkanes of at least 4 members (excludes halogenated alkanes) is 15. The summed E-state index contributed by atoms with van der Waals surface area (Å²) in [7, 11) is 0. The molecule has 0 aromatic carbocycles. The molecule has 0 bridgehead atoms. The van der Waals surface area contributed by atoms with Crippen LogP contribution in [0.3, 0.4) is 0 Å². The van der Waals surface area contributed by atoms with E-state index in [2.05, 4.69) is 24.4 Å². The van der Waals surface area contributed by atoms with Crippen LogP contribution in [0.4, 0.5) is 0 Å². The highest BCUT2D eigenvalue weighted by Crippen LogP contribution is 2.12. The van der Waals surface area contributed by atoms with Gasteiger partial charge in [0.25, 0.3) is 0 Å². The van der Waals surface area contributed by atoms with Crippen molar-refractivity contribution in [1.82, 2.24) is 5.32 Å². The van der Waals surface area contributed by atoms with Crippen molar-refractivity contribution < 1.29 is 4.79 Å². The van der Waals surface area contributed by atoms with Gasteiger partial charge in [-0.25, -0.2) is 0 Å². The minimum absolute atomic E-state index is 0.216. The summed E-state index contributed by atoms with van der Waals surface area (Å²) in [6.45, 7) is 5.01. The van der Waals surface area contributed by atoms with Crippen molar-refractivity contribution in [2.75, 3.05) is 6.54 Å². The maximum atomic E-state index is 11.3. The van der Waals surface area contributed by atoms with Crippen LogP contribution in [0.1, 0.15) is 129 Å². The van der Waals surface area contributed by atoms with E-state index in [1.54, 1.807) is 0 Å². The first-order valence-electron chi connectivity index (χ1n) is 11.7. The number of nitrogens with one attached hydrogen (secondary N) is 1. The zero-order chi connectivity index (χ0) is 19.1. The lowest BCUT2D eigenvalue weighted by atomic mass is 10.1. The summed E-state index contributed by atoms with van der Waals surface area (Å²) in [6.07, 6.45) is 28.3. The zero-order valence-electron chi connectivity index (χ0n) is 18.0. The number of carbonyl (C=O) groups excluding carboxylic acids is 1. The molecule has 0 fully saturated rings. The van der Waals surface area contributed by atoms with E-state index in [0.29, 0.717) is 6.42 Å². The SMILES string of the molecule is CCCCCCCC/C=C\CCCCCCCCCCCC(=O)NCC. The van der Waals surface area contributed by atoms with Crippen LogP contribution in [-0.4, -0.2) is 12.5 Å². The van der Waals surface area contributed by atoms with Crippen molar-refractivity contribution in [1.29, 1.82) is 0 Å².